The van der Waals surface area contributed by atoms with Crippen molar-refractivity contribution in [2.75, 3.05) is 39.9 Å². The summed E-state index contributed by atoms with van der Waals surface area (Å²) in [5.74, 6) is 1.34. The van der Waals surface area contributed by atoms with Crippen LogP contribution in [-0.4, -0.2) is 61.9 Å². The molecule has 0 aliphatic carbocycles. The minimum atomic E-state index is -0.183. The molecule has 2 N–H and O–H groups in total. The van der Waals surface area contributed by atoms with E-state index in [0.717, 1.165) is 5.75 Å². The molecule has 0 bridgehead atoms. The lowest BCUT2D eigenvalue weighted by molar-refractivity contribution is -0.122. The van der Waals surface area contributed by atoms with Gasteiger partial charge in [0.25, 0.3) is 0 Å². The number of nitrogens with zero attached hydrogens (tertiary/aromatic N) is 1. The van der Waals surface area contributed by atoms with Gasteiger partial charge in [0.2, 0.25) is 5.91 Å². The van der Waals surface area contributed by atoms with Crippen LogP contribution in [0.15, 0.2) is 24.3 Å². The molecule has 1 atom stereocenters. The third-order valence-electron chi connectivity index (χ3n) is 2.99. The van der Waals surface area contributed by atoms with Gasteiger partial charge in [-0.1, -0.05) is 12.1 Å². The van der Waals surface area contributed by atoms with Gasteiger partial charge in [0.05, 0.1) is 19.7 Å². The lowest BCUT2D eigenvalue weighted by Gasteiger charge is -2.26. The van der Waals surface area contributed by atoms with Gasteiger partial charge in [-0.15, -0.1) is 0 Å². The van der Waals surface area contributed by atoms with Gasteiger partial charge in [-0.3, -0.25) is 9.69 Å². The summed E-state index contributed by atoms with van der Waals surface area (Å²) in [5, 5.41) is 11.6. The average molecular weight is 280 g/mol. The third-order valence-corrected chi connectivity index (χ3v) is 2.99. The normalized spacial score (nSPS) is 17.1. The molecule has 0 saturated heterocycles. The Hall–Kier alpha value is -1.79. The molecule has 1 amide bonds. The van der Waals surface area contributed by atoms with Crippen molar-refractivity contribution in [1.29, 1.82) is 0 Å². The van der Waals surface area contributed by atoms with Crippen molar-refractivity contribution in [2.45, 2.75) is 6.10 Å². The first-order valence-corrected chi connectivity index (χ1v) is 6.63. The van der Waals surface area contributed by atoms with Gasteiger partial charge in [-0.05, 0) is 19.2 Å². The number of likely N-dealkylation sites (N-methyl/N-ethyl adjacent to an activating group) is 1. The van der Waals surface area contributed by atoms with Gasteiger partial charge < -0.3 is 19.9 Å². The van der Waals surface area contributed by atoms with E-state index in [9.17, 15) is 4.79 Å². The van der Waals surface area contributed by atoms with Gasteiger partial charge in [-0.2, -0.15) is 0 Å². The number of para-hydroxylation sites is 2. The number of ether oxygens (including phenoxy) is 2. The zero-order chi connectivity index (χ0) is 14.4. The van der Waals surface area contributed by atoms with E-state index >= 15 is 0 Å². The predicted octanol–water partition coefficient (Wildman–Crippen LogP) is -0.133. The fraction of sp³-hybridized carbons (Fsp3) is 0.500. The van der Waals surface area contributed by atoms with Crippen LogP contribution in [0.1, 0.15) is 0 Å². The Morgan fingerprint density at radius 2 is 2.20 bits per heavy atom. The molecule has 1 aliphatic heterocycles. The number of nitrogens with one attached hydrogen (secondary N) is 1. The number of carbonyl (C=O) groups is 1. The number of carbonyl (C=O) groups excluding carboxylic acids is 1. The molecule has 6 nitrogen and oxygen atoms in total. The molecule has 110 valence electrons. The van der Waals surface area contributed by atoms with Gasteiger partial charge in [0, 0.05) is 6.54 Å². The Morgan fingerprint density at radius 1 is 1.45 bits per heavy atom. The van der Waals surface area contributed by atoms with Crippen LogP contribution in [0.4, 0.5) is 0 Å². The predicted molar refractivity (Wildman–Crippen MR) is 73.9 cm³/mol. The number of aliphatic hydroxyl groups excluding tert-OH is 1. The largest absolute Gasteiger partial charge is 0.486 e. The summed E-state index contributed by atoms with van der Waals surface area (Å²) in [7, 11) is 1.78. The number of rotatable bonds is 6. The first-order chi connectivity index (χ1) is 9.69. The Balaban J connectivity index is 1.74. The van der Waals surface area contributed by atoms with E-state index in [1.54, 1.807) is 11.9 Å². The number of hydrogen-bond acceptors (Lipinski definition) is 5. The molecule has 20 heavy (non-hydrogen) atoms. The first-order valence-electron chi connectivity index (χ1n) is 6.63. The smallest absolute Gasteiger partial charge is 0.234 e. The lowest BCUT2D eigenvalue weighted by Crippen LogP contribution is -2.44. The molecule has 1 aliphatic rings. The van der Waals surface area contributed by atoms with Crippen LogP contribution in [-0.2, 0) is 4.79 Å². The molecule has 1 aromatic rings. The molecule has 0 saturated carbocycles. The summed E-state index contributed by atoms with van der Waals surface area (Å²) in [6.07, 6.45) is -0.183. The summed E-state index contributed by atoms with van der Waals surface area (Å²) in [6, 6.07) is 7.47. The quantitative estimate of drug-likeness (QED) is 0.759. The number of aliphatic hydroxyl groups is 1. The molecule has 1 aromatic carbocycles. The van der Waals surface area contributed by atoms with E-state index in [1.165, 1.54) is 0 Å². The minimum Gasteiger partial charge on any atom is -0.486 e. The van der Waals surface area contributed by atoms with Crippen molar-refractivity contribution in [1.82, 2.24) is 10.2 Å². The van der Waals surface area contributed by atoms with Gasteiger partial charge >= 0.3 is 0 Å². The van der Waals surface area contributed by atoms with E-state index < -0.39 is 0 Å². The first kappa shape index (κ1) is 14.6. The van der Waals surface area contributed by atoms with E-state index in [1.807, 2.05) is 24.3 Å². The van der Waals surface area contributed by atoms with Crippen molar-refractivity contribution in [2.24, 2.45) is 0 Å². The van der Waals surface area contributed by atoms with E-state index in [0.29, 0.717) is 25.4 Å². The highest BCUT2D eigenvalue weighted by Crippen LogP contribution is 2.30. The maximum Gasteiger partial charge on any atom is 0.234 e. The van der Waals surface area contributed by atoms with E-state index in [-0.39, 0.29) is 25.2 Å². The van der Waals surface area contributed by atoms with Gasteiger partial charge in [0.1, 0.15) is 12.7 Å². The molecule has 1 heterocycles. The number of hydrogen-bond donors (Lipinski definition) is 2. The Bertz CT molecular complexity index is 453. The molecule has 0 fully saturated rings. The second-order valence-corrected chi connectivity index (χ2v) is 4.76. The van der Waals surface area contributed by atoms with Gasteiger partial charge in [0.15, 0.2) is 11.5 Å². The van der Waals surface area contributed by atoms with E-state index in [4.69, 9.17) is 14.6 Å². The topological polar surface area (TPSA) is 71.0 Å². The molecule has 1 unspecified atom stereocenters. The van der Waals surface area contributed by atoms with Crippen molar-refractivity contribution < 1.29 is 19.4 Å². The number of amides is 1. The molecule has 0 radical (unpaired) electrons. The monoisotopic (exact) mass is 280 g/mol. The molecule has 2 rings (SSSR count). The zero-order valence-corrected chi connectivity index (χ0v) is 11.5. The second-order valence-electron chi connectivity index (χ2n) is 4.76. The Kier molecular flexibility index (Phi) is 5.20. The second kappa shape index (κ2) is 7.12. The number of fused-ring (bicyclic) bond motifs is 1. The Morgan fingerprint density at radius 3 is 2.95 bits per heavy atom. The zero-order valence-electron chi connectivity index (χ0n) is 11.5. The van der Waals surface area contributed by atoms with Crippen molar-refractivity contribution in [3.8, 4) is 11.5 Å². The third kappa shape index (κ3) is 4.11. The van der Waals surface area contributed by atoms with Crippen LogP contribution >= 0.6 is 0 Å². The SMILES string of the molecule is CN(CCO)CC(=O)NCC1COc2ccccc2O1. The number of benzene rings is 1. The summed E-state index contributed by atoms with van der Waals surface area (Å²) >= 11 is 0. The molecular formula is C14H20N2O4. The standard InChI is InChI=1S/C14H20N2O4/c1-16(6-7-17)9-14(18)15-8-11-10-19-12-4-2-3-5-13(12)20-11/h2-5,11,17H,6-10H2,1H3,(H,15,18). The molecule has 0 spiro atoms. The van der Waals surface area contributed by atoms with Crippen LogP contribution in [0, 0.1) is 0 Å². The Labute approximate surface area is 118 Å². The highest BCUT2D eigenvalue weighted by Gasteiger charge is 2.21. The molecule has 6 heteroatoms. The van der Waals surface area contributed by atoms with Gasteiger partial charge in [-0.25, -0.2) is 0 Å². The highest BCUT2D eigenvalue weighted by atomic mass is 16.6. The average Bonchev–Trinajstić information content (AvgIpc) is 2.45. The summed E-state index contributed by atoms with van der Waals surface area (Å²) < 4.78 is 11.3. The van der Waals surface area contributed by atoms with Crippen molar-refractivity contribution in [3.63, 3.8) is 0 Å². The fourth-order valence-electron chi connectivity index (χ4n) is 1.94. The molecular weight excluding hydrogens is 260 g/mol. The maximum atomic E-state index is 11.7. The maximum absolute atomic E-state index is 11.7. The van der Waals surface area contributed by atoms with Crippen LogP contribution in [0.25, 0.3) is 0 Å². The van der Waals surface area contributed by atoms with Crippen molar-refractivity contribution in [3.05, 3.63) is 24.3 Å². The highest BCUT2D eigenvalue weighted by molar-refractivity contribution is 5.78. The fourth-order valence-corrected chi connectivity index (χ4v) is 1.94. The summed E-state index contributed by atoms with van der Waals surface area (Å²) in [4.78, 5) is 13.4. The van der Waals surface area contributed by atoms with Crippen LogP contribution in [0.5, 0.6) is 11.5 Å². The van der Waals surface area contributed by atoms with Crippen LogP contribution < -0.4 is 14.8 Å². The van der Waals surface area contributed by atoms with E-state index in [2.05, 4.69) is 5.32 Å². The molecule has 0 aromatic heterocycles. The van der Waals surface area contributed by atoms with Crippen molar-refractivity contribution >= 4 is 5.91 Å². The van der Waals surface area contributed by atoms with Crippen LogP contribution in [0.2, 0.25) is 0 Å². The summed E-state index contributed by atoms with van der Waals surface area (Å²) in [6.45, 7) is 1.60. The van der Waals surface area contributed by atoms with Crippen LogP contribution in [0.3, 0.4) is 0 Å². The summed E-state index contributed by atoms with van der Waals surface area (Å²) in [5.41, 5.74) is 0. The minimum absolute atomic E-state index is 0.0418. The lowest BCUT2D eigenvalue weighted by atomic mass is 10.2.